The summed E-state index contributed by atoms with van der Waals surface area (Å²) in [6, 6.07) is 7.55. The van der Waals surface area contributed by atoms with Crippen molar-refractivity contribution in [2.24, 2.45) is 0 Å². The second-order valence-electron chi connectivity index (χ2n) is 6.56. The number of nitrogens with one attached hydrogen (secondary N) is 1. The summed E-state index contributed by atoms with van der Waals surface area (Å²) in [5, 5.41) is 2.87. The maximum atomic E-state index is 11.9. The third kappa shape index (κ3) is 6.51. The molecule has 1 saturated heterocycles. The average Bonchev–Trinajstić information content (AvgIpc) is 2.77. The van der Waals surface area contributed by atoms with Crippen LogP contribution in [0.25, 0.3) is 0 Å². The van der Waals surface area contributed by atoms with E-state index in [0.717, 1.165) is 18.0 Å². The topological polar surface area (TPSA) is 41.6 Å². The van der Waals surface area contributed by atoms with Crippen LogP contribution in [-0.2, 0) is 4.79 Å². The molecule has 0 aromatic heterocycles. The largest absolute Gasteiger partial charge is 0.492 e. The van der Waals surface area contributed by atoms with Crippen LogP contribution >= 0.6 is 15.9 Å². The lowest BCUT2D eigenvalue weighted by atomic mass is 10.2. The fourth-order valence-electron chi connectivity index (χ4n) is 2.57. The number of hydrogen-bond donors (Lipinski definition) is 1. The summed E-state index contributed by atoms with van der Waals surface area (Å²) in [6.07, 6.45) is 5.32. The Labute approximate surface area is 147 Å². The van der Waals surface area contributed by atoms with Crippen molar-refractivity contribution in [3.63, 3.8) is 0 Å². The third-order valence-corrected chi connectivity index (χ3v) is 4.39. The molecular formula is C18H27BrN2O2. The molecule has 0 aliphatic carbocycles. The minimum Gasteiger partial charge on any atom is -0.492 e. The van der Waals surface area contributed by atoms with E-state index < -0.39 is 4.32 Å². The maximum Gasteiger partial charge on any atom is 0.240 e. The Balaban J connectivity index is 1.75. The van der Waals surface area contributed by atoms with Crippen molar-refractivity contribution >= 4 is 27.5 Å². The first kappa shape index (κ1) is 18.3. The number of carbonyl (C=O) groups excluding carboxylic acids is 1. The monoisotopic (exact) mass is 382 g/mol. The van der Waals surface area contributed by atoms with Crippen LogP contribution in [0.1, 0.15) is 39.5 Å². The van der Waals surface area contributed by atoms with Crippen molar-refractivity contribution in [3.05, 3.63) is 24.3 Å². The number of ether oxygens (including phenoxy) is 1. The number of hydrogen-bond acceptors (Lipinski definition) is 3. The highest BCUT2D eigenvalue weighted by molar-refractivity contribution is 9.10. The lowest BCUT2D eigenvalue weighted by molar-refractivity contribution is -0.117. The Morgan fingerprint density at radius 3 is 2.35 bits per heavy atom. The molecule has 0 saturated carbocycles. The number of alkyl halides is 1. The Morgan fingerprint density at radius 2 is 1.78 bits per heavy atom. The summed E-state index contributed by atoms with van der Waals surface area (Å²) in [5.41, 5.74) is 0.780. The number of carbonyl (C=O) groups is 1. The Kier molecular flexibility index (Phi) is 6.90. The molecule has 1 amide bonds. The second kappa shape index (κ2) is 8.69. The molecule has 0 spiro atoms. The Hall–Kier alpha value is -1.07. The molecule has 1 heterocycles. The molecular weight excluding hydrogens is 356 g/mol. The van der Waals surface area contributed by atoms with E-state index in [4.69, 9.17) is 4.74 Å². The first-order valence-electron chi connectivity index (χ1n) is 8.41. The van der Waals surface area contributed by atoms with Crippen molar-refractivity contribution in [3.8, 4) is 5.75 Å². The SMILES string of the molecule is CC(C)(Br)C(=O)Nc1ccc(OCCN2CCCCCC2)cc1. The quantitative estimate of drug-likeness (QED) is 0.754. The van der Waals surface area contributed by atoms with Crippen LogP contribution in [0, 0.1) is 0 Å². The predicted molar refractivity (Wildman–Crippen MR) is 98.5 cm³/mol. The maximum absolute atomic E-state index is 11.9. The zero-order valence-electron chi connectivity index (χ0n) is 14.1. The molecule has 0 radical (unpaired) electrons. The van der Waals surface area contributed by atoms with E-state index in [2.05, 4.69) is 26.1 Å². The second-order valence-corrected chi connectivity index (χ2v) is 8.54. The number of anilines is 1. The first-order valence-corrected chi connectivity index (χ1v) is 9.20. The van der Waals surface area contributed by atoms with Crippen LogP contribution in [0.2, 0.25) is 0 Å². The molecule has 1 aromatic carbocycles. The van der Waals surface area contributed by atoms with E-state index >= 15 is 0 Å². The highest BCUT2D eigenvalue weighted by Gasteiger charge is 2.23. The molecule has 1 N–H and O–H groups in total. The highest BCUT2D eigenvalue weighted by atomic mass is 79.9. The molecule has 1 aromatic rings. The zero-order valence-corrected chi connectivity index (χ0v) is 15.7. The van der Waals surface area contributed by atoms with Gasteiger partial charge in [-0.2, -0.15) is 0 Å². The number of likely N-dealkylation sites (tertiary alicyclic amines) is 1. The molecule has 5 heteroatoms. The molecule has 0 unspecified atom stereocenters. The van der Waals surface area contributed by atoms with Crippen molar-refractivity contribution in [1.29, 1.82) is 0 Å². The summed E-state index contributed by atoms with van der Waals surface area (Å²) >= 11 is 3.35. The van der Waals surface area contributed by atoms with E-state index in [1.807, 2.05) is 38.1 Å². The van der Waals surface area contributed by atoms with Gasteiger partial charge in [-0.25, -0.2) is 0 Å². The zero-order chi connectivity index (χ0) is 16.7. The Morgan fingerprint density at radius 1 is 1.17 bits per heavy atom. The number of benzene rings is 1. The molecule has 1 aliphatic heterocycles. The van der Waals surface area contributed by atoms with Gasteiger partial charge >= 0.3 is 0 Å². The summed E-state index contributed by atoms with van der Waals surface area (Å²) in [7, 11) is 0. The van der Waals surface area contributed by atoms with Gasteiger partial charge in [0.15, 0.2) is 0 Å². The number of rotatable bonds is 6. The lowest BCUT2D eigenvalue weighted by Crippen LogP contribution is -2.30. The number of nitrogens with zero attached hydrogens (tertiary/aromatic N) is 1. The minimum absolute atomic E-state index is 0.0627. The minimum atomic E-state index is -0.574. The number of amides is 1. The third-order valence-electron chi connectivity index (χ3n) is 4.03. The molecule has 2 rings (SSSR count). The Bertz CT molecular complexity index is 489. The highest BCUT2D eigenvalue weighted by Crippen LogP contribution is 2.21. The summed E-state index contributed by atoms with van der Waals surface area (Å²) in [5.74, 6) is 0.781. The standard InChI is InChI=1S/C18H27BrN2O2/c1-18(2,19)17(22)20-15-7-9-16(10-8-15)23-14-13-21-11-5-3-4-6-12-21/h7-10H,3-6,11-14H2,1-2H3,(H,20,22). The predicted octanol–water partition coefficient (Wildman–Crippen LogP) is 4.05. The van der Waals surface area contributed by atoms with Crippen molar-refractivity contribution in [2.45, 2.75) is 43.9 Å². The van der Waals surface area contributed by atoms with E-state index in [9.17, 15) is 4.79 Å². The molecule has 4 nitrogen and oxygen atoms in total. The molecule has 1 aliphatic rings. The normalized spacial score (nSPS) is 16.7. The van der Waals surface area contributed by atoms with Crippen molar-refractivity contribution < 1.29 is 9.53 Å². The van der Waals surface area contributed by atoms with Gasteiger partial charge in [-0.1, -0.05) is 28.8 Å². The summed E-state index contributed by atoms with van der Waals surface area (Å²) in [4.78, 5) is 14.4. The molecule has 1 fully saturated rings. The summed E-state index contributed by atoms with van der Waals surface area (Å²) in [6.45, 7) is 7.72. The molecule has 23 heavy (non-hydrogen) atoms. The van der Waals surface area contributed by atoms with Gasteiger partial charge in [0.1, 0.15) is 12.4 Å². The van der Waals surface area contributed by atoms with Gasteiger partial charge < -0.3 is 10.1 Å². The lowest BCUT2D eigenvalue weighted by Gasteiger charge is -2.19. The molecule has 0 atom stereocenters. The average molecular weight is 383 g/mol. The van der Waals surface area contributed by atoms with Crippen LogP contribution in [-0.4, -0.2) is 41.4 Å². The van der Waals surface area contributed by atoms with E-state index in [1.165, 1.54) is 38.8 Å². The van der Waals surface area contributed by atoms with E-state index in [1.54, 1.807) is 0 Å². The van der Waals surface area contributed by atoms with Crippen molar-refractivity contribution in [2.75, 3.05) is 31.6 Å². The van der Waals surface area contributed by atoms with Gasteiger partial charge in [0, 0.05) is 12.2 Å². The number of halogens is 1. The van der Waals surface area contributed by atoms with E-state index in [-0.39, 0.29) is 5.91 Å². The van der Waals surface area contributed by atoms with Gasteiger partial charge in [-0.05, 0) is 64.0 Å². The van der Waals surface area contributed by atoms with Crippen LogP contribution in [0.15, 0.2) is 24.3 Å². The molecule has 128 valence electrons. The summed E-state index contributed by atoms with van der Waals surface area (Å²) < 4.78 is 5.24. The van der Waals surface area contributed by atoms with Crippen molar-refractivity contribution in [1.82, 2.24) is 4.90 Å². The van der Waals surface area contributed by atoms with E-state index in [0.29, 0.717) is 6.61 Å². The van der Waals surface area contributed by atoms with Gasteiger partial charge in [0.25, 0.3) is 0 Å². The van der Waals surface area contributed by atoms with Crippen LogP contribution in [0.4, 0.5) is 5.69 Å². The molecule has 0 bridgehead atoms. The van der Waals surface area contributed by atoms with Gasteiger partial charge in [0.05, 0.1) is 4.32 Å². The van der Waals surface area contributed by atoms with Crippen LogP contribution in [0.3, 0.4) is 0 Å². The fraction of sp³-hybridized carbons (Fsp3) is 0.611. The van der Waals surface area contributed by atoms with Gasteiger partial charge in [-0.3, -0.25) is 9.69 Å². The van der Waals surface area contributed by atoms with Crippen LogP contribution < -0.4 is 10.1 Å². The van der Waals surface area contributed by atoms with Crippen LogP contribution in [0.5, 0.6) is 5.75 Å². The van der Waals surface area contributed by atoms with Gasteiger partial charge in [0.2, 0.25) is 5.91 Å². The smallest absolute Gasteiger partial charge is 0.240 e. The van der Waals surface area contributed by atoms with Gasteiger partial charge in [-0.15, -0.1) is 0 Å². The fourth-order valence-corrected chi connectivity index (χ4v) is 2.67. The first-order chi connectivity index (χ1) is 10.9.